The number of aromatic nitrogens is 2. The maximum Gasteiger partial charge on any atom is 0.354 e. The van der Waals surface area contributed by atoms with Crippen LogP contribution in [0.1, 0.15) is 23.1 Å². The molecule has 2 aromatic rings. The van der Waals surface area contributed by atoms with E-state index in [2.05, 4.69) is 15.9 Å². The third kappa shape index (κ3) is 1.75. The molecular formula is C12H10N2O2. The molecule has 4 nitrogen and oxygen atoms in total. The normalized spacial score (nSPS) is 10.0. The second-order valence-corrected chi connectivity index (χ2v) is 3.20. The highest BCUT2D eigenvalue weighted by atomic mass is 16.5. The van der Waals surface area contributed by atoms with Crippen molar-refractivity contribution in [1.29, 1.82) is 0 Å². The molecule has 0 saturated carbocycles. The molecule has 0 unspecified atom stereocenters. The van der Waals surface area contributed by atoms with Crippen molar-refractivity contribution in [1.82, 2.24) is 9.97 Å². The van der Waals surface area contributed by atoms with Crippen LogP contribution in [0.2, 0.25) is 0 Å². The molecule has 16 heavy (non-hydrogen) atoms. The summed E-state index contributed by atoms with van der Waals surface area (Å²) in [6.45, 7) is 2.11. The van der Waals surface area contributed by atoms with Crippen LogP contribution in [0, 0.1) is 12.3 Å². The summed E-state index contributed by atoms with van der Waals surface area (Å²) >= 11 is 0. The molecule has 1 N–H and O–H groups in total. The van der Waals surface area contributed by atoms with E-state index in [0.717, 1.165) is 10.9 Å². The van der Waals surface area contributed by atoms with Gasteiger partial charge >= 0.3 is 5.97 Å². The van der Waals surface area contributed by atoms with Crippen molar-refractivity contribution in [2.75, 3.05) is 6.61 Å². The molecule has 0 aliphatic heterocycles. The Labute approximate surface area is 92.6 Å². The largest absolute Gasteiger partial charge is 0.461 e. The number of hydrogen-bond acceptors (Lipinski definition) is 3. The number of terminal acetylenes is 1. The Morgan fingerprint density at radius 2 is 2.44 bits per heavy atom. The number of rotatable bonds is 2. The highest BCUT2D eigenvalue weighted by molar-refractivity contribution is 5.94. The molecular weight excluding hydrogens is 204 g/mol. The van der Waals surface area contributed by atoms with Crippen molar-refractivity contribution in [3.05, 3.63) is 29.7 Å². The molecule has 80 valence electrons. The van der Waals surface area contributed by atoms with E-state index in [1.165, 1.54) is 0 Å². The number of H-pyrrole nitrogens is 1. The monoisotopic (exact) mass is 214 g/mol. The van der Waals surface area contributed by atoms with Gasteiger partial charge in [-0.1, -0.05) is 5.92 Å². The van der Waals surface area contributed by atoms with Crippen LogP contribution in [-0.2, 0) is 4.74 Å². The molecule has 0 aliphatic rings. The Balaban J connectivity index is 2.44. The number of pyridine rings is 1. The average Bonchev–Trinajstić information content (AvgIpc) is 2.71. The Kier molecular flexibility index (Phi) is 2.61. The highest BCUT2D eigenvalue weighted by Crippen LogP contribution is 2.15. The van der Waals surface area contributed by atoms with Gasteiger partial charge in [-0.05, 0) is 19.1 Å². The van der Waals surface area contributed by atoms with Gasteiger partial charge in [0.25, 0.3) is 0 Å². The zero-order chi connectivity index (χ0) is 11.5. The first-order valence-electron chi connectivity index (χ1n) is 4.87. The number of carbonyl (C=O) groups is 1. The summed E-state index contributed by atoms with van der Waals surface area (Å²) < 4.78 is 4.88. The fraction of sp³-hybridized carbons (Fsp3) is 0.167. The first-order chi connectivity index (χ1) is 7.74. The molecule has 2 aromatic heterocycles. The van der Waals surface area contributed by atoms with Gasteiger partial charge in [-0.15, -0.1) is 6.42 Å². The first-order valence-corrected chi connectivity index (χ1v) is 4.87. The van der Waals surface area contributed by atoms with Crippen molar-refractivity contribution in [3.8, 4) is 12.3 Å². The number of nitrogens with one attached hydrogen (secondary N) is 1. The number of ether oxygens (including phenoxy) is 1. The van der Waals surface area contributed by atoms with Gasteiger partial charge < -0.3 is 9.72 Å². The van der Waals surface area contributed by atoms with Gasteiger partial charge in [-0.25, -0.2) is 9.78 Å². The van der Waals surface area contributed by atoms with Crippen molar-refractivity contribution in [3.63, 3.8) is 0 Å². The van der Waals surface area contributed by atoms with Gasteiger partial charge in [-0.3, -0.25) is 0 Å². The van der Waals surface area contributed by atoms with Crippen LogP contribution in [0.15, 0.2) is 18.3 Å². The van der Waals surface area contributed by atoms with Crippen molar-refractivity contribution in [2.45, 2.75) is 6.92 Å². The van der Waals surface area contributed by atoms with Crippen LogP contribution in [0.25, 0.3) is 10.9 Å². The smallest absolute Gasteiger partial charge is 0.354 e. The topological polar surface area (TPSA) is 55.0 Å². The van der Waals surface area contributed by atoms with Crippen molar-refractivity contribution < 1.29 is 9.53 Å². The van der Waals surface area contributed by atoms with Gasteiger partial charge in [-0.2, -0.15) is 0 Å². The minimum Gasteiger partial charge on any atom is -0.461 e. The summed E-state index contributed by atoms with van der Waals surface area (Å²) in [7, 11) is 0. The van der Waals surface area contributed by atoms with Gasteiger partial charge in [0.2, 0.25) is 0 Å². The van der Waals surface area contributed by atoms with E-state index in [1.54, 1.807) is 25.3 Å². The lowest BCUT2D eigenvalue weighted by Crippen LogP contribution is -2.04. The summed E-state index contributed by atoms with van der Waals surface area (Å²) in [5.74, 6) is 2.07. The quantitative estimate of drug-likeness (QED) is 0.611. The van der Waals surface area contributed by atoms with E-state index in [1.807, 2.05) is 0 Å². The van der Waals surface area contributed by atoms with E-state index in [9.17, 15) is 4.79 Å². The van der Waals surface area contributed by atoms with Crippen LogP contribution < -0.4 is 0 Å². The summed E-state index contributed by atoms with van der Waals surface area (Å²) in [5, 5.41) is 0.853. The molecule has 0 saturated heterocycles. The maximum atomic E-state index is 11.5. The standard InChI is InChI=1S/C12H10N2O2/c1-3-9-5-8-6-10(12(15)16-4-2)14-11(8)7-13-9/h1,5-7,14H,4H2,2H3. The summed E-state index contributed by atoms with van der Waals surface area (Å²) in [6.07, 6.45) is 6.85. The molecule has 0 aliphatic carbocycles. The lowest BCUT2D eigenvalue weighted by Gasteiger charge is -1.96. The minimum absolute atomic E-state index is 0.349. The van der Waals surface area contributed by atoms with Crippen LogP contribution in [0.5, 0.6) is 0 Å². The molecule has 0 bridgehead atoms. The van der Waals surface area contributed by atoms with Crippen LogP contribution in [0.4, 0.5) is 0 Å². The van der Waals surface area contributed by atoms with Gasteiger partial charge in [0, 0.05) is 5.39 Å². The molecule has 0 fully saturated rings. The predicted octanol–water partition coefficient (Wildman–Crippen LogP) is 1.72. The van der Waals surface area contributed by atoms with E-state index in [-0.39, 0.29) is 5.97 Å². The molecule has 2 heterocycles. The van der Waals surface area contributed by atoms with Crippen LogP contribution in [-0.4, -0.2) is 22.5 Å². The van der Waals surface area contributed by atoms with E-state index in [0.29, 0.717) is 18.0 Å². The lowest BCUT2D eigenvalue weighted by atomic mass is 10.2. The number of hydrogen-bond donors (Lipinski definition) is 1. The molecule has 0 amide bonds. The lowest BCUT2D eigenvalue weighted by molar-refractivity contribution is 0.0520. The third-order valence-electron chi connectivity index (χ3n) is 2.15. The van der Waals surface area contributed by atoms with Crippen molar-refractivity contribution >= 4 is 16.9 Å². The van der Waals surface area contributed by atoms with Crippen LogP contribution >= 0.6 is 0 Å². The second-order valence-electron chi connectivity index (χ2n) is 3.20. The Hall–Kier alpha value is -2.28. The number of esters is 1. The maximum absolute atomic E-state index is 11.5. The van der Waals surface area contributed by atoms with Crippen molar-refractivity contribution in [2.24, 2.45) is 0 Å². The second kappa shape index (κ2) is 4.07. The van der Waals surface area contributed by atoms with Gasteiger partial charge in [0.05, 0.1) is 18.3 Å². The fourth-order valence-corrected chi connectivity index (χ4v) is 1.43. The number of fused-ring (bicyclic) bond motifs is 1. The molecule has 2 rings (SSSR count). The minimum atomic E-state index is -0.374. The van der Waals surface area contributed by atoms with Gasteiger partial charge in [0.1, 0.15) is 11.4 Å². The van der Waals surface area contributed by atoms with Crippen LogP contribution in [0.3, 0.4) is 0 Å². The molecule has 0 spiro atoms. The Morgan fingerprint density at radius 3 is 3.12 bits per heavy atom. The highest BCUT2D eigenvalue weighted by Gasteiger charge is 2.10. The van der Waals surface area contributed by atoms with Gasteiger partial charge in [0.15, 0.2) is 0 Å². The molecule has 0 radical (unpaired) electrons. The SMILES string of the molecule is C#Cc1cc2cc(C(=O)OCC)[nH]c2cn1. The molecule has 0 atom stereocenters. The van der Waals surface area contributed by atoms with E-state index in [4.69, 9.17) is 11.2 Å². The first kappa shape index (κ1) is 10.2. The number of nitrogens with zero attached hydrogens (tertiary/aromatic N) is 1. The fourth-order valence-electron chi connectivity index (χ4n) is 1.43. The number of aromatic amines is 1. The average molecular weight is 214 g/mol. The Bertz CT molecular complexity index is 578. The third-order valence-corrected chi connectivity index (χ3v) is 2.15. The summed E-state index contributed by atoms with van der Waals surface area (Å²) in [5.41, 5.74) is 1.72. The Morgan fingerprint density at radius 1 is 1.62 bits per heavy atom. The molecule has 0 aromatic carbocycles. The number of carbonyl (C=O) groups excluding carboxylic acids is 1. The molecule has 4 heteroatoms. The zero-order valence-corrected chi connectivity index (χ0v) is 8.78. The zero-order valence-electron chi connectivity index (χ0n) is 8.78. The van der Waals surface area contributed by atoms with E-state index >= 15 is 0 Å². The summed E-state index contributed by atoms with van der Waals surface area (Å²) in [6, 6.07) is 3.45. The van der Waals surface area contributed by atoms with E-state index < -0.39 is 0 Å². The summed E-state index contributed by atoms with van der Waals surface area (Å²) in [4.78, 5) is 18.4. The predicted molar refractivity (Wildman–Crippen MR) is 60.0 cm³/mol.